The highest BCUT2D eigenvalue weighted by Crippen LogP contribution is 2.31. The summed E-state index contributed by atoms with van der Waals surface area (Å²) in [5, 5.41) is 1.66. The van der Waals surface area contributed by atoms with Gasteiger partial charge in [0.1, 0.15) is 0 Å². The third kappa shape index (κ3) is 5.62. The first-order chi connectivity index (χ1) is 23.1. The average Bonchev–Trinajstić information content (AvgIpc) is 3.09. The molecule has 0 radical (unpaired) electrons. The molecule has 2 amide bonds. The highest BCUT2D eigenvalue weighted by molar-refractivity contribution is 6.09. The quantitative estimate of drug-likeness (QED) is 0.195. The number of benzene rings is 4. The van der Waals surface area contributed by atoms with Gasteiger partial charge >= 0.3 is 0 Å². The van der Waals surface area contributed by atoms with Gasteiger partial charge in [-0.25, -0.2) is 9.97 Å². The molecular formula is C42H40N4O2. The van der Waals surface area contributed by atoms with Crippen molar-refractivity contribution in [3.63, 3.8) is 0 Å². The van der Waals surface area contributed by atoms with Gasteiger partial charge in [0, 0.05) is 47.1 Å². The molecule has 0 aliphatic carbocycles. The number of rotatable bonds is 4. The van der Waals surface area contributed by atoms with Gasteiger partial charge in [0.25, 0.3) is 11.8 Å². The fourth-order valence-corrected chi connectivity index (χ4v) is 6.80. The Morgan fingerprint density at radius 3 is 1.33 bits per heavy atom. The van der Waals surface area contributed by atoms with E-state index >= 15 is 0 Å². The van der Waals surface area contributed by atoms with Crippen LogP contribution in [0.5, 0.6) is 0 Å². The number of para-hydroxylation sites is 2. The summed E-state index contributed by atoms with van der Waals surface area (Å²) in [7, 11) is 0. The number of hydrogen-bond acceptors (Lipinski definition) is 4. The fraction of sp³-hybridized carbons (Fsp3) is 0.238. The van der Waals surface area contributed by atoms with E-state index in [0.717, 1.165) is 44.3 Å². The van der Waals surface area contributed by atoms with E-state index in [1.165, 1.54) is 22.3 Å². The molecule has 1 aliphatic heterocycles. The first kappa shape index (κ1) is 31.3. The van der Waals surface area contributed by atoms with Crippen molar-refractivity contribution in [2.24, 2.45) is 0 Å². The van der Waals surface area contributed by atoms with Crippen molar-refractivity contribution in [1.82, 2.24) is 19.8 Å². The van der Waals surface area contributed by atoms with Gasteiger partial charge in [-0.1, -0.05) is 60.7 Å². The van der Waals surface area contributed by atoms with Gasteiger partial charge in [-0.15, -0.1) is 0 Å². The monoisotopic (exact) mass is 632 g/mol. The second-order valence-corrected chi connectivity index (χ2v) is 13.4. The molecular weight excluding hydrogens is 592 g/mol. The van der Waals surface area contributed by atoms with Crippen LogP contribution in [0.15, 0.2) is 97.1 Å². The molecule has 1 saturated heterocycles. The van der Waals surface area contributed by atoms with Crippen LogP contribution >= 0.6 is 0 Å². The van der Waals surface area contributed by atoms with Crippen molar-refractivity contribution >= 4 is 33.6 Å². The molecule has 0 spiro atoms. The van der Waals surface area contributed by atoms with Crippen LogP contribution in [0.3, 0.4) is 0 Å². The van der Waals surface area contributed by atoms with Crippen molar-refractivity contribution < 1.29 is 9.59 Å². The molecule has 0 N–H and O–H groups in total. The number of aromatic nitrogens is 2. The van der Waals surface area contributed by atoms with Gasteiger partial charge in [0.05, 0.1) is 33.5 Å². The predicted molar refractivity (Wildman–Crippen MR) is 194 cm³/mol. The van der Waals surface area contributed by atoms with Crippen LogP contribution in [0.4, 0.5) is 0 Å². The largest absolute Gasteiger partial charge is 0.332 e. The molecule has 0 saturated carbocycles. The van der Waals surface area contributed by atoms with Crippen LogP contribution in [0.2, 0.25) is 0 Å². The lowest BCUT2D eigenvalue weighted by molar-refractivity contribution is 0.0272. The SMILES string of the molecule is Cc1ccc(-c2cc(C(=O)N3C[C@@H](C)N(C(=O)c4cc(-c5ccc(C)c(C)c5)nc5ccccc45)C[C@H]3C)c3ccccc3n2)cc1C. The second kappa shape index (κ2) is 12.3. The van der Waals surface area contributed by atoms with Gasteiger partial charge in [-0.3, -0.25) is 9.59 Å². The lowest BCUT2D eigenvalue weighted by Crippen LogP contribution is -2.59. The number of amides is 2. The Kier molecular flexibility index (Phi) is 8.04. The summed E-state index contributed by atoms with van der Waals surface area (Å²) < 4.78 is 0. The van der Waals surface area contributed by atoms with E-state index in [0.29, 0.717) is 24.2 Å². The summed E-state index contributed by atoms with van der Waals surface area (Å²) >= 11 is 0. The van der Waals surface area contributed by atoms with Crippen LogP contribution in [-0.4, -0.2) is 56.8 Å². The minimum Gasteiger partial charge on any atom is -0.332 e. The van der Waals surface area contributed by atoms with Crippen LogP contribution in [0.25, 0.3) is 44.3 Å². The minimum absolute atomic E-state index is 0.0449. The normalized spacial score (nSPS) is 16.5. The van der Waals surface area contributed by atoms with Gasteiger partial charge in [0.2, 0.25) is 0 Å². The van der Waals surface area contributed by atoms with E-state index in [1.807, 2.05) is 84.3 Å². The van der Waals surface area contributed by atoms with Gasteiger partial charge in [0.15, 0.2) is 0 Å². The number of pyridine rings is 2. The maximum Gasteiger partial charge on any atom is 0.254 e. The zero-order chi connectivity index (χ0) is 33.7. The first-order valence-electron chi connectivity index (χ1n) is 16.7. The number of hydrogen-bond donors (Lipinski definition) is 0. The number of carbonyl (C=O) groups is 2. The number of nitrogens with zero attached hydrogens (tertiary/aromatic N) is 4. The summed E-state index contributed by atoms with van der Waals surface area (Å²) in [6.07, 6.45) is 0. The molecule has 48 heavy (non-hydrogen) atoms. The lowest BCUT2D eigenvalue weighted by Gasteiger charge is -2.44. The molecule has 4 aromatic carbocycles. The smallest absolute Gasteiger partial charge is 0.254 e. The zero-order valence-corrected chi connectivity index (χ0v) is 28.4. The highest BCUT2D eigenvalue weighted by Gasteiger charge is 2.36. The average molecular weight is 633 g/mol. The number of carbonyl (C=O) groups excluding carboxylic acids is 2. The molecule has 6 nitrogen and oxygen atoms in total. The molecule has 1 fully saturated rings. The number of piperazine rings is 1. The van der Waals surface area contributed by atoms with Crippen LogP contribution in [-0.2, 0) is 0 Å². The highest BCUT2D eigenvalue weighted by atomic mass is 16.2. The number of fused-ring (bicyclic) bond motifs is 2. The molecule has 6 aromatic rings. The van der Waals surface area contributed by atoms with E-state index < -0.39 is 0 Å². The summed E-state index contributed by atoms with van der Waals surface area (Å²) in [5.41, 5.74) is 11.2. The van der Waals surface area contributed by atoms with Crippen LogP contribution in [0.1, 0.15) is 56.8 Å². The number of aryl methyl sites for hydroxylation is 4. The molecule has 6 heteroatoms. The second-order valence-electron chi connectivity index (χ2n) is 13.4. The third-order valence-corrected chi connectivity index (χ3v) is 10.0. The molecule has 3 heterocycles. The van der Waals surface area contributed by atoms with Gasteiger partial charge in [-0.05, 0) is 100 Å². The topological polar surface area (TPSA) is 66.4 Å². The maximum absolute atomic E-state index is 14.4. The van der Waals surface area contributed by atoms with E-state index in [1.54, 1.807) is 0 Å². The maximum atomic E-state index is 14.4. The summed E-state index contributed by atoms with van der Waals surface area (Å²) in [6, 6.07) is 31.7. The Labute approximate surface area is 282 Å². The van der Waals surface area contributed by atoms with E-state index in [4.69, 9.17) is 9.97 Å². The Balaban J connectivity index is 1.21. The van der Waals surface area contributed by atoms with Crippen molar-refractivity contribution in [1.29, 1.82) is 0 Å². The molecule has 240 valence electrons. The van der Waals surface area contributed by atoms with Gasteiger partial charge < -0.3 is 9.80 Å². The Bertz CT molecular complexity index is 2080. The van der Waals surface area contributed by atoms with Crippen molar-refractivity contribution in [2.75, 3.05) is 13.1 Å². The molecule has 1 aliphatic rings. The van der Waals surface area contributed by atoms with E-state index in [-0.39, 0.29) is 23.9 Å². The Morgan fingerprint density at radius 2 is 0.938 bits per heavy atom. The lowest BCUT2D eigenvalue weighted by atomic mass is 9.98. The Morgan fingerprint density at radius 1 is 0.542 bits per heavy atom. The molecule has 0 unspecified atom stereocenters. The van der Waals surface area contributed by atoms with Crippen LogP contribution in [0, 0.1) is 27.7 Å². The minimum atomic E-state index is -0.193. The molecule has 2 aromatic heterocycles. The van der Waals surface area contributed by atoms with Crippen molar-refractivity contribution in [2.45, 2.75) is 53.6 Å². The van der Waals surface area contributed by atoms with E-state index in [9.17, 15) is 9.59 Å². The summed E-state index contributed by atoms with van der Waals surface area (Å²) in [4.78, 5) is 42.6. The van der Waals surface area contributed by atoms with Gasteiger partial charge in [-0.2, -0.15) is 0 Å². The fourth-order valence-electron chi connectivity index (χ4n) is 6.80. The zero-order valence-electron chi connectivity index (χ0n) is 28.4. The van der Waals surface area contributed by atoms with Crippen molar-refractivity contribution in [3.8, 4) is 22.5 Å². The van der Waals surface area contributed by atoms with Crippen LogP contribution < -0.4 is 0 Å². The van der Waals surface area contributed by atoms with Crippen molar-refractivity contribution in [3.05, 3.63) is 130 Å². The molecule has 7 rings (SSSR count). The third-order valence-electron chi connectivity index (χ3n) is 10.0. The summed E-state index contributed by atoms with van der Waals surface area (Å²) in [5.74, 6) is -0.0898. The predicted octanol–water partition coefficient (Wildman–Crippen LogP) is 8.73. The first-order valence-corrected chi connectivity index (χ1v) is 16.7. The molecule has 0 bridgehead atoms. The van der Waals surface area contributed by atoms with E-state index in [2.05, 4.69) is 64.1 Å². The molecule has 2 atom stereocenters. The Hall–Kier alpha value is -5.36. The standard InChI is InChI=1S/C42H40N4O2/c1-25-15-17-31(19-27(25)3)39-21-35(33-11-7-9-13-37(33)43-39)41(47)45-23-30(6)46(24-29(45)5)42(48)36-22-40(32-18-16-26(2)28(4)20-32)44-38-14-10-8-12-34(36)38/h7-22,29-30H,23-24H2,1-6H3/t29-,30-/m1/s1. The summed E-state index contributed by atoms with van der Waals surface area (Å²) in [6.45, 7) is 13.3.